The second-order valence-electron chi connectivity index (χ2n) is 4.78. The number of rotatable bonds is 1. The first-order valence-electron chi connectivity index (χ1n) is 6.10. The summed E-state index contributed by atoms with van der Waals surface area (Å²) in [6.45, 7) is 0. The summed E-state index contributed by atoms with van der Waals surface area (Å²) in [4.78, 5) is 0. The molecule has 4 heteroatoms. The lowest BCUT2D eigenvalue weighted by Crippen LogP contribution is -2.02. The number of hydrogen-bond donors (Lipinski definition) is 0. The molecule has 0 spiro atoms. The van der Waals surface area contributed by atoms with Crippen molar-refractivity contribution in [3.63, 3.8) is 0 Å². The van der Waals surface area contributed by atoms with E-state index in [4.69, 9.17) is 5.26 Å². The zero-order valence-corrected chi connectivity index (χ0v) is 11.4. The van der Waals surface area contributed by atoms with E-state index in [1.807, 2.05) is 6.20 Å². The SMILES string of the molecule is N#Cc1cn(C2CCCC2)c2cc(Br)c(F)cc12. The summed E-state index contributed by atoms with van der Waals surface area (Å²) in [5.74, 6) is -0.317. The predicted molar refractivity (Wildman–Crippen MR) is 71.8 cm³/mol. The van der Waals surface area contributed by atoms with Crippen molar-refractivity contribution >= 4 is 26.8 Å². The molecule has 2 aromatic rings. The Morgan fingerprint density at radius 1 is 1.33 bits per heavy atom. The van der Waals surface area contributed by atoms with Crippen LogP contribution in [0.25, 0.3) is 10.9 Å². The summed E-state index contributed by atoms with van der Waals surface area (Å²) in [5, 5.41) is 9.87. The van der Waals surface area contributed by atoms with Gasteiger partial charge in [0.2, 0.25) is 0 Å². The highest BCUT2D eigenvalue weighted by Crippen LogP contribution is 2.35. The van der Waals surface area contributed by atoms with E-state index in [1.165, 1.54) is 18.9 Å². The van der Waals surface area contributed by atoms with Crippen LogP contribution in [0, 0.1) is 17.1 Å². The van der Waals surface area contributed by atoms with Crippen LogP contribution in [0.2, 0.25) is 0 Å². The molecule has 0 amide bonds. The first-order valence-corrected chi connectivity index (χ1v) is 6.89. The van der Waals surface area contributed by atoms with Crippen LogP contribution in [0.1, 0.15) is 37.3 Å². The third-order valence-corrected chi connectivity index (χ3v) is 4.32. The topological polar surface area (TPSA) is 28.7 Å². The van der Waals surface area contributed by atoms with E-state index in [2.05, 4.69) is 26.6 Å². The normalized spacial score (nSPS) is 16.3. The molecule has 0 unspecified atom stereocenters. The highest BCUT2D eigenvalue weighted by Gasteiger charge is 2.21. The molecule has 18 heavy (non-hydrogen) atoms. The van der Waals surface area contributed by atoms with Crippen LogP contribution in [0.4, 0.5) is 4.39 Å². The molecule has 1 aromatic heterocycles. The molecule has 1 aliphatic carbocycles. The van der Waals surface area contributed by atoms with E-state index in [0.29, 0.717) is 21.5 Å². The molecule has 0 saturated heterocycles. The second-order valence-corrected chi connectivity index (χ2v) is 5.64. The Balaban J connectivity index is 2.26. The molecule has 2 nitrogen and oxygen atoms in total. The zero-order chi connectivity index (χ0) is 12.7. The van der Waals surface area contributed by atoms with Gasteiger partial charge in [0.05, 0.1) is 15.6 Å². The van der Waals surface area contributed by atoms with Gasteiger partial charge in [0.25, 0.3) is 0 Å². The van der Waals surface area contributed by atoms with Gasteiger partial charge in [-0.1, -0.05) is 12.8 Å². The van der Waals surface area contributed by atoms with Gasteiger partial charge in [-0.25, -0.2) is 4.39 Å². The lowest BCUT2D eigenvalue weighted by atomic mass is 10.2. The maximum Gasteiger partial charge on any atom is 0.138 e. The highest BCUT2D eigenvalue weighted by molar-refractivity contribution is 9.10. The number of halogens is 2. The van der Waals surface area contributed by atoms with Crippen LogP contribution in [-0.4, -0.2) is 4.57 Å². The van der Waals surface area contributed by atoms with Gasteiger partial charge in [-0.05, 0) is 40.9 Å². The molecule has 3 rings (SSSR count). The molecule has 1 aromatic carbocycles. The van der Waals surface area contributed by atoms with E-state index >= 15 is 0 Å². The molecule has 0 N–H and O–H groups in total. The monoisotopic (exact) mass is 306 g/mol. The highest BCUT2D eigenvalue weighted by atomic mass is 79.9. The van der Waals surface area contributed by atoms with Gasteiger partial charge in [0, 0.05) is 17.6 Å². The van der Waals surface area contributed by atoms with Crippen molar-refractivity contribution in [3.8, 4) is 6.07 Å². The Labute approximate surface area is 113 Å². The van der Waals surface area contributed by atoms with E-state index < -0.39 is 0 Å². The van der Waals surface area contributed by atoms with Crippen LogP contribution in [0.3, 0.4) is 0 Å². The van der Waals surface area contributed by atoms with Gasteiger partial charge < -0.3 is 4.57 Å². The number of benzene rings is 1. The lowest BCUT2D eigenvalue weighted by molar-refractivity contribution is 0.535. The number of hydrogen-bond acceptors (Lipinski definition) is 1. The van der Waals surface area contributed by atoms with Crippen LogP contribution in [-0.2, 0) is 0 Å². The summed E-state index contributed by atoms with van der Waals surface area (Å²) in [6.07, 6.45) is 6.61. The maximum atomic E-state index is 13.6. The molecule has 1 fully saturated rings. The van der Waals surface area contributed by atoms with Gasteiger partial charge in [-0.3, -0.25) is 0 Å². The Hall–Kier alpha value is -1.34. The van der Waals surface area contributed by atoms with Crippen molar-refractivity contribution in [2.24, 2.45) is 0 Å². The maximum absolute atomic E-state index is 13.6. The van der Waals surface area contributed by atoms with Gasteiger partial charge in [0.15, 0.2) is 0 Å². The Morgan fingerprint density at radius 3 is 2.72 bits per heavy atom. The standard InChI is InChI=1S/C14H12BrFN2/c15-12-6-14-11(5-13(12)16)9(7-17)8-18(14)10-3-1-2-4-10/h5-6,8,10H,1-4H2. The van der Waals surface area contributed by atoms with Crippen LogP contribution in [0.15, 0.2) is 22.8 Å². The molecule has 0 atom stereocenters. The summed E-state index contributed by atoms with van der Waals surface area (Å²) >= 11 is 3.22. The molecular weight excluding hydrogens is 295 g/mol. The molecular formula is C14H12BrFN2. The minimum Gasteiger partial charge on any atom is -0.343 e. The van der Waals surface area contributed by atoms with Gasteiger partial charge in [0.1, 0.15) is 11.9 Å². The van der Waals surface area contributed by atoms with Crippen LogP contribution in [0.5, 0.6) is 0 Å². The lowest BCUT2D eigenvalue weighted by Gasteiger charge is -2.13. The summed E-state index contributed by atoms with van der Waals surface area (Å²) < 4.78 is 16.2. The molecule has 1 heterocycles. The van der Waals surface area contributed by atoms with Gasteiger partial charge >= 0.3 is 0 Å². The number of aromatic nitrogens is 1. The average Bonchev–Trinajstić information content (AvgIpc) is 2.97. The van der Waals surface area contributed by atoms with E-state index in [1.54, 1.807) is 6.07 Å². The largest absolute Gasteiger partial charge is 0.343 e. The Kier molecular flexibility index (Phi) is 2.87. The Morgan fingerprint density at radius 2 is 2.06 bits per heavy atom. The van der Waals surface area contributed by atoms with E-state index in [9.17, 15) is 4.39 Å². The minimum absolute atomic E-state index is 0.317. The molecule has 0 bridgehead atoms. The molecule has 1 saturated carbocycles. The van der Waals surface area contributed by atoms with Crippen molar-refractivity contribution in [1.82, 2.24) is 4.57 Å². The predicted octanol–water partition coefficient (Wildman–Crippen LogP) is 4.53. The zero-order valence-electron chi connectivity index (χ0n) is 9.79. The number of nitrogens with zero attached hydrogens (tertiary/aromatic N) is 2. The van der Waals surface area contributed by atoms with Crippen LogP contribution >= 0.6 is 15.9 Å². The van der Waals surface area contributed by atoms with Crippen molar-refractivity contribution in [1.29, 1.82) is 5.26 Å². The molecule has 0 aliphatic heterocycles. The summed E-state index contributed by atoms with van der Waals surface area (Å²) in [5.41, 5.74) is 1.51. The quantitative estimate of drug-likeness (QED) is 0.761. The first kappa shape index (κ1) is 11.7. The van der Waals surface area contributed by atoms with Crippen LogP contribution < -0.4 is 0 Å². The summed E-state index contributed by atoms with van der Waals surface area (Å²) in [7, 11) is 0. The minimum atomic E-state index is -0.317. The fourth-order valence-corrected chi connectivity index (χ4v) is 3.15. The fourth-order valence-electron chi connectivity index (χ4n) is 2.82. The van der Waals surface area contributed by atoms with Crippen molar-refractivity contribution in [2.45, 2.75) is 31.7 Å². The fraction of sp³-hybridized carbons (Fsp3) is 0.357. The van der Waals surface area contributed by atoms with Crippen molar-refractivity contribution in [3.05, 3.63) is 34.2 Å². The van der Waals surface area contributed by atoms with E-state index in [0.717, 1.165) is 18.4 Å². The van der Waals surface area contributed by atoms with Gasteiger partial charge in [-0.2, -0.15) is 5.26 Å². The van der Waals surface area contributed by atoms with Gasteiger partial charge in [-0.15, -0.1) is 0 Å². The first-order chi connectivity index (χ1) is 8.70. The average molecular weight is 307 g/mol. The Bertz CT molecular complexity index is 648. The third kappa shape index (κ3) is 1.74. The van der Waals surface area contributed by atoms with Crippen molar-refractivity contribution in [2.75, 3.05) is 0 Å². The molecule has 1 aliphatic rings. The summed E-state index contributed by atoms with van der Waals surface area (Å²) in [6, 6.07) is 5.84. The van der Waals surface area contributed by atoms with E-state index in [-0.39, 0.29) is 5.82 Å². The molecule has 92 valence electrons. The number of fused-ring (bicyclic) bond motifs is 1. The third-order valence-electron chi connectivity index (χ3n) is 3.71. The number of nitriles is 1. The molecule has 0 radical (unpaired) electrons. The van der Waals surface area contributed by atoms with Crippen molar-refractivity contribution < 1.29 is 4.39 Å². The second kappa shape index (κ2) is 4.40. The smallest absolute Gasteiger partial charge is 0.138 e.